The van der Waals surface area contributed by atoms with Gasteiger partial charge in [0, 0.05) is 0 Å². The molecule has 0 radical (unpaired) electrons. The zero-order valence-corrected chi connectivity index (χ0v) is 17.1. The van der Waals surface area contributed by atoms with Crippen LogP contribution in [0.4, 0.5) is 0 Å². The van der Waals surface area contributed by atoms with Gasteiger partial charge in [0.1, 0.15) is 12.2 Å². The molecule has 24 heavy (non-hydrogen) atoms. The van der Waals surface area contributed by atoms with Gasteiger partial charge in [-0.2, -0.15) is 8.42 Å². The third-order valence-electron chi connectivity index (χ3n) is 4.80. The van der Waals surface area contributed by atoms with Crippen LogP contribution in [0.25, 0.3) is 0 Å². The molecule has 0 bridgehead atoms. The first-order valence-corrected chi connectivity index (χ1v) is 12.5. The minimum absolute atomic E-state index is 0.0295. The summed E-state index contributed by atoms with van der Waals surface area (Å²) in [4.78, 5) is 0.169. The van der Waals surface area contributed by atoms with E-state index in [1.165, 1.54) is 0 Å². The SMILES string of the molecule is Cc1ccc(S(=O)(=O)OC[C@@H]2O[C@H]2CO[Si](C)(C)C(C)(C)C)cc1. The van der Waals surface area contributed by atoms with Gasteiger partial charge in [-0.05, 0) is 37.2 Å². The number of hydrogen-bond acceptors (Lipinski definition) is 5. The third kappa shape index (κ3) is 4.89. The van der Waals surface area contributed by atoms with Gasteiger partial charge in [0.2, 0.25) is 0 Å². The van der Waals surface area contributed by atoms with E-state index >= 15 is 0 Å². The topological polar surface area (TPSA) is 65.1 Å². The lowest BCUT2D eigenvalue weighted by Crippen LogP contribution is -2.41. The number of epoxide rings is 1. The number of rotatable bonds is 7. The first-order valence-electron chi connectivity index (χ1n) is 8.18. The lowest BCUT2D eigenvalue weighted by Gasteiger charge is -2.36. The van der Waals surface area contributed by atoms with E-state index in [0.29, 0.717) is 6.61 Å². The standard InChI is InChI=1S/C17H28O5SSi/c1-13-7-9-14(10-8-13)23(18,19)20-11-15-16(22-15)12-21-24(5,6)17(2,3)4/h7-10,15-16H,11-12H2,1-6H3/t15-,16-/m0/s1. The molecule has 2 rings (SSSR count). The van der Waals surface area contributed by atoms with Crippen LogP contribution in [-0.4, -0.2) is 42.2 Å². The molecule has 0 N–H and O–H groups in total. The van der Waals surface area contributed by atoms with Gasteiger partial charge in [-0.3, -0.25) is 4.18 Å². The molecule has 136 valence electrons. The molecule has 1 fully saturated rings. The van der Waals surface area contributed by atoms with Gasteiger partial charge in [0.15, 0.2) is 8.32 Å². The molecule has 0 spiro atoms. The second-order valence-electron chi connectivity index (χ2n) is 7.84. The average Bonchev–Trinajstić information content (AvgIpc) is 3.21. The summed E-state index contributed by atoms with van der Waals surface area (Å²) in [5.74, 6) is 0. The van der Waals surface area contributed by atoms with Crippen molar-refractivity contribution in [1.29, 1.82) is 0 Å². The summed E-state index contributed by atoms with van der Waals surface area (Å²) < 4.78 is 40.9. The van der Waals surface area contributed by atoms with E-state index in [-0.39, 0.29) is 28.7 Å². The Labute approximate surface area is 146 Å². The number of hydrogen-bond donors (Lipinski definition) is 0. The maximum atomic E-state index is 12.1. The van der Waals surface area contributed by atoms with Crippen LogP contribution in [0.2, 0.25) is 18.1 Å². The Morgan fingerprint density at radius 1 is 1.08 bits per heavy atom. The Hall–Kier alpha value is -0.733. The highest BCUT2D eigenvalue weighted by molar-refractivity contribution is 7.86. The van der Waals surface area contributed by atoms with E-state index in [1.54, 1.807) is 24.3 Å². The molecule has 0 aromatic heterocycles. The van der Waals surface area contributed by atoms with E-state index in [4.69, 9.17) is 13.3 Å². The van der Waals surface area contributed by atoms with Crippen LogP contribution in [0.5, 0.6) is 0 Å². The lowest BCUT2D eigenvalue weighted by atomic mass is 10.2. The van der Waals surface area contributed by atoms with E-state index in [9.17, 15) is 8.42 Å². The third-order valence-corrected chi connectivity index (χ3v) is 10.6. The van der Waals surface area contributed by atoms with Crippen LogP contribution in [0.3, 0.4) is 0 Å². The van der Waals surface area contributed by atoms with Crippen molar-refractivity contribution >= 4 is 18.4 Å². The highest BCUT2D eigenvalue weighted by Crippen LogP contribution is 2.37. The fourth-order valence-corrected chi connectivity index (χ4v) is 3.84. The Morgan fingerprint density at radius 3 is 2.17 bits per heavy atom. The van der Waals surface area contributed by atoms with Gasteiger partial charge in [0.05, 0.1) is 18.1 Å². The number of ether oxygens (including phenoxy) is 1. The van der Waals surface area contributed by atoms with Gasteiger partial charge in [-0.15, -0.1) is 0 Å². The van der Waals surface area contributed by atoms with Gasteiger partial charge in [-0.25, -0.2) is 0 Å². The lowest BCUT2D eigenvalue weighted by molar-refractivity contribution is 0.234. The quantitative estimate of drug-likeness (QED) is 0.416. The fraction of sp³-hybridized carbons (Fsp3) is 0.647. The predicted octanol–water partition coefficient (Wildman–Crippen LogP) is 3.49. The van der Waals surface area contributed by atoms with Crippen LogP contribution in [0.1, 0.15) is 26.3 Å². The zero-order chi connectivity index (χ0) is 18.2. The Morgan fingerprint density at radius 2 is 1.62 bits per heavy atom. The van der Waals surface area contributed by atoms with Crippen LogP contribution in [-0.2, 0) is 23.5 Å². The van der Waals surface area contributed by atoms with E-state index in [2.05, 4.69) is 33.9 Å². The molecule has 2 atom stereocenters. The largest absolute Gasteiger partial charge is 0.414 e. The van der Waals surface area contributed by atoms with E-state index in [1.807, 2.05) is 6.92 Å². The maximum Gasteiger partial charge on any atom is 0.297 e. The summed E-state index contributed by atoms with van der Waals surface area (Å²) >= 11 is 0. The van der Waals surface area contributed by atoms with Crippen molar-refractivity contribution in [3.63, 3.8) is 0 Å². The first kappa shape index (κ1) is 19.6. The summed E-state index contributed by atoms with van der Waals surface area (Å²) in [7, 11) is -5.55. The molecule has 0 saturated carbocycles. The van der Waals surface area contributed by atoms with Crippen LogP contribution >= 0.6 is 0 Å². The minimum Gasteiger partial charge on any atom is -0.414 e. The van der Waals surface area contributed by atoms with Crippen molar-refractivity contribution in [2.24, 2.45) is 0 Å². The predicted molar refractivity (Wildman–Crippen MR) is 96.1 cm³/mol. The zero-order valence-electron chi connectivity index (χ0n) is 15.3. The summed E-state index contributed by atoms with van der Waals surface area (Å²) in [5.41, 5.74) is 1.00. The second-order valence-corrected chi connectivity index (χ2v) is 14.3. The smallest absolute Gasteiger partial charge is 0.297 e. The molecule has 1 aliphatic rings. The van der Waals surface area contributed by atoms with Crippen molar-refractivity contribution in [2.75, 3.05) is 13.2 Å². The van der Waals surface area contributed by atoms with Crippen LogP contribution in [0, 0.1) is 6.92 Å². The molecule has 0 amide bonds. The highest BCUT2D eigenvalue weighted by Gasteiger charge is 2.44. The Kier molecular flexibility index (Phi) is 5.61. The van der Waals surface area contributed by atoms with E-state index < -0.39 is 18.4 Å². The monoisotopic (exact) mass is 372 g/mol. The molecule has 1 aliphatic heterocycles. The Balaban J connectivity index is 1.80. The number of aryl methyl sites for hydroxylation is 1. The molecule has 0 aliphatic carbocycles. The van der Waals surface area contributed by atoms with Crippen molar-refractivity contribution in [3.05, 3.63) is 29.8 Å². The number of benzene rings is 1. The van der Waals surface area contributed by atoms with Crippen molar-refractivity contribution in [2.45, 2.75) is 62.9 Å². The molecule has 1 aromatic carbocycles. The second kappa shape index (κ2) is 6.88. The summed E-state index contributed by atoms with van der Waals surface area (Å²) in [6.45, 7) is 13.3. The van der Waals surface area contributed by atoms with Crippen LogP contribution in [0.15, 0.2) is 29.2 Å². The fourth-order valence-electron chi connectivity index (χ4n) is 1.91. The van der Waals surface area contributed by atoms with Crippen molar-refractivity contribution in [1.82, 2.24) is 0 Å². The van der Waals surface area contributed by atoms with Crippen molar-refractivity contribution in [3.8, 4) is 0 Å². The first-order chi connectivity index (χ1) is 10.9. The van der Waals surface area contributed by atoms with Gasteiger partial charge in [0.25, 0.3) is 10.1 Å². The van der Waals surface area contributed by atoms with Gasteiger partial charge in [-0.1, -0.05) is 38.5 Å². The average molecular weight is 373 g/mol. The molecular formula is C17H28O5SSi. The maximum absolute atomic E-state index is 12.1. The van der Waals surface area contributed by atoms with Gasteiger partial charge < -0.3 is 9.16 Å². The van der Waals surface area contributed by atoms with Crippen LogP contribution < -0.4 is 0 Å². The molecule has 1 aromatic rings. The summed E-state index contributed by atoms with van der Waals surface area (Å²) in [5, 5.41) is 0.142. The Bertz CT molecular complexity index is 661. The van der Waals surface area contributed by atoms with E-state index in [0.717, 1.165) is 5.56 Å². The molecule has 7 heteroatoms. The molecule has 5 nitrogen and oxygen atoms in total. The summed E-state index contributed by atoms with van der Waals surface area (Å²) in [6.07, 6.45) is -0.290. The molecule has 0 unspecified atom stereocenters. The summed E-state index contributed by atoms with van der Waals surface area (Å²) in [6, 6.07) is 6.60. The minimum atomic E-state index is -3.73. The molecular weight excluding hydrogens is 344 g/mol. The highest BCUT2D eigenvalue weighted by atomic mass is 32.2. The van der Waals surface area contributed by atoms with Crippen molar-refractivity contribution < 1.29 is 21.8 Å². The normalized spacial score (nSPS) is 21.8. The molecule has 1 heterocycles. The van der Waals surface area contributed by atoms with Gasteiger partial charge >= 0.3 is 0 Å². The molecule has 1 saturated heterocycles.